The summed E-state index contributed by atoms with van der Waals surface area (Å²) in [5.41, 5.74) is 6.42. The van der Waals surface area contributed by atoms with Crippen LogP contribution in [0.15, 0.2) is 30.3 Å². The van der Waals surface area contributed by atoms with Crippen LogP contribution in [-0.4, -0.2) is 29.8 Å². The molecule has 0 aromatic heterocycles. The van der Waals surface area contributed by atoms with Gasteiger partial charge in [-0.15, -0.1) is 0 Å². The number of benzene rings is 1. The van der Waals surface area contributed by atoms with Crippen LogP contribution in [0.4, 0.5) is 8.78 Å². The molecule has 2 N–H and O–H groups in total. The lowest BCUT2D eigenvalue weighted by Gasteiger charge is -2.20. The van der Waals surface area contributed by atoms with Gasteiger partial charge in [0.15, 0.2) is 0 Å². The van der Waals surface area contributed by atoms with Gasteiger partial charge in [-0.2, -0.15) is 0 Å². The van der Waals surface area contributed by atoms with Gasteiger partial charge in [-0.3, -0.25) is 4.79 Å². The van der Waals surface area contributed by atoms with E-state index in [4.69, 9.17) is 5.73 Å². The molecular formula is C12H14F2N2O. The van der Waals surface area contributed by atoms with Crippen molar-refractivity contribution < 1.29 is 13.6 Å². The largest absolute Gasteiger partial charge is 0.335 e. The molecule has 1 heterocycles. The second-order valence-corrected chi connectivity index (χ2v) is 4.25. The van der Waals surface area contributed by atoms with Gasteiger partial charge in [0.25, 0.3) is 5.92 Å². The Hall–Kier alpha value is -1.49. The number of carbonyl (C=O) groups is 1. The number of carbonyl (C=O) groups excluding carboxylic acids is 1. The summed E-state index contributed by atoms with van der Waals surface area (Å²) in [6, 6.07) is 7.92. The number of nitrogens with two attached hydrogens (primary N) is 1. The topological polar surface area (TPSA) is 46.3 Å². The summed E-state index contributed by atoms with van der Waals surface area (Å²) >= 11 is 0. The fraction of sp³-hybridized carbons (Fsp3) is 0.417. The van der Waals surface area contributed by atoms with Crippen LogP contribution in [0.25, 0.3) is 0 Å². The third-order valence-electron chi connectivity index (χ3n) is 2.91. The Morgan fingerprint density at radius 2 is 2.00 bits per heavy atom. The van der Waals surface area contributed by atoms with E-state index in [1.165, 1.54) is 0 Å². The molecule has 5 heteroatoms. The lowest BCUT2D eigenvalue weighted by molar-refractivity contribution is -0.133. The first kappa shape index (κ1) is 12.0. The Bertz CT molecular complexity index is 408. The van der Waals surface area contributed by atoms with Gasteiger partial charge in [0.05, 0.1) is 6.54 Å². The van der Waals surface area contributed by atoms with E-state index in [0.717, 1.165) is 4.90 Å². The molecule has 1 aliphatic heterocycles. The minimum atomic E-state index is -2.77. The molecule has 1 aliphatic rings. The van der Waals surface area contributed by atoms with Crippen LogP contribution in [0, 0.1) is 0 Å². The number of amides is 1. The fourth-order valence-corrected chi connectivity index (χ4v) is 1.92. The van der Waals surface area contributed by atoms with Gasteiger partial charge in [0, 0.05) is 13.0 Å². The molecule has 0 radical (unpaired) electrons. The molecule has 1 aromatic rings. The van der Waals surface area contributed by atoms with Crippen LogP contribution in [0.1, 0.15) is 18.0 Å². The van der Waals surface area contributed by atoms with E-state index in [1.807, 2.05) is 6.07 Å². The lowest BCUT2D eigenvalue weighted by Crippen LogP contribution is -2.38. The van der Waals surface area contributed by atoms with Crippen LogP contribution in [0.3, 0.4) is 0 Å². The number of likely N-dealkylation sites (tertiary alicyclic amines) is 1. The number of halogens is 2. The van der Waals surface area contributed by atoms with E-state index < -0.39 is 24.4 Å². The van der Waals surface area contributed by atoms with Crippen LogP contribution in [-0.2, 0) is 4.79 Å². The van der Waals surface area contributed by atoms with Gasteiger partial charge in [0.1, 0.15) is 6.04 Å². The highest BCUT2D eigenvalue weighted by Crippen LogP contribution is 2.28. The maximum Gasteiger partial charge on any atom is 0.267 e. The third-order valence-corrected chi connectivity index (χ3v) is 2.91. The highest BCUT2D eigenvalue weighted by Gasteiger charge is 2.41. The van der Waals surface area contributed by atoms with Gasteiger partial charge in [-0.1, -0.05) is 30.3 Å². The van der Waals surface area contributed by atoms with Crippen LogP contribution in [0.2, 0.25) is 0 Å². The van der Waals surface area contributed by atoms with Crippen molar-refractivity contribution >= 4 is 5.91 Å². The number of rotatable bonds is 2. The molecule has 0 bridgehead atoms. The second-order valence-electron chi connectivity index (χ2n) is 4.25. The first-order valence-corrected chi connectivity index (χ1v) is 5.47. The molecular weight excluding hydrogens is 226 g/mol. The summed E-state index contributed by atoms with van der Waals surface area (Å²) in [5.74, 6) is -3.21. The van der Waals surface area contributed by atoms with Crippen molar-refractivity contribution in [1.82, 2.24) is 4.90 Å². The number of alkyl halides is 2. The molecule has 3 nitrogen and oxygen atoms in total. The van der Waals surface area contributed by atoms with E-state index in [0.29, 0.717) is 5.56 Å². The third kappa shape index (κ3) is 2.61. The minimum absolute atomic E-state index is 0.0758. The van der Waals surface area contributed by atoms with Crippen molar-refractivity contribution in [2.24, 2.45) is 5.73 Å². The molecule has 17 heavy (non-hydrogen) atoms. The Labute approximate surface area is 98.2 Å². The first-order chi connectivity index (χ1) is 7.99. The summed E-state index contributed by atoms with van der Waals surface area (Å²) in [6.45, 7) is -0.446. The van der Waals surface area contributed by atoms with Gasteiger partial charge < -0.3 is 10.6 Å². The number of hydrogen-bond donors (Lipinski definition) is 1. The predicted molar refractivity (Wildman–Crippen MR) is 59.5 cm³/mol. The Morgan fingerprint density at radius 1 is 1.35 bits per heavy atom. The summed E-state index contributed by atoms with van der Waals surface area (Å²) < 4.78 is 26.0. The van der Waals surface area contributed by atoms with Gasteiger partial charge in [0.2, 0.25) is 5.91 Å². The average molecular weight is 240 g/mol. The quantitative estimate of drug-likeness (QED) is 0.852. The molecule has 1 saturated heterocycles. The molecule has 2 rings (SSSR count). The lowest BCUT2D eigenvalue weighted by atomic mass is 10.1. The summed E-state index contributed by atoms with van der Waals surface area (Å²) in [7, 11) is 0. The Balaban J connectivity index is 2.06. The SMILES string of the molecule is N[C@H](C(=O)N1CCC(F)(F)C1)c1ccccc1. The zero-order valence-electron chi connectivity index (χ0n) is 9.27. The summed E-state index contributed by atoms with van der Waals surface area (Å²) in [6.07, 6.45) is -0.278. The maximum atomic E-state index is 13.0. The first-order valence-electron chi connectivity index (χ1n) is 5.47. The molecule has 1 atom stereocenters. The van der Waals surface area contributed by atoms with Crippen LogP contribution >= 0.6 is 0 Å². The Morgan fingerprint density at radius 3 is 2.53 bits per heavy atom. The second kappa shape index (κ2) is 4.41. The monoisotopic (exact) mass is 240 g/mol. The molecule has 0 aliphatic carbocycles. The van der Waals surface area contributed by atoms with Crippen molar-refractivity contribution in [2.45, 2.75) is 18.4 Å². The molecule has 0 spiro atoms. The van der Waals surface area contributed by atoms with Crippen molar-refractivity contribution in [2.75, 3.05) is 13.1 Å². The van der Waals surface area contributed by atoms with Gasteiger partial charge in [-0.25, -0.2) is 8.78 Å². The average Bonchev–Trinajstić information content (AvgIpc) is 2.69. The van der Waals surface area contributed by atoms with Crippen molar-refractivity contribution in [1.29, 1.82) is 0 Å². The molecule has 1 fully saturated rings. The zero-order chi connectivity index (χ0) is 12.5. The predicted octanol–water partition coefficient (Wildman–Crippen LogP) is 1.55. The summed E-state index contributed by atoms with van der Waals surface area (Å²) in [4.78, 5) is 13.0. The number of hydrogen-bond acceptors (Lipinski definition) is 2. The molecule has 0 unspecified atom stereocenters. The van der Waals surface area contributed by atoms with Crippen LogP contribution < -0.4 is 5.73 Å². The summed E-state index contributed by atoms with van der Waals surface area (Å²) in [5, 5.41) is 0. The Kier molecular flexibility index (Phi) is 3.11. The van der Waals surface area contributed by atoms with Gasteiger partial charge in [-0.05, 0) is 5.56 Å². The standard InChI is InChI=1S/C12H14F2N2O/c13-12(14)6-7-16(8-12)11(17)10(15)9-4-2-1-3-5-9/h1-5,10H,6-8,15H2/t10-/m0/s1. The molecule has 1 aromatic carbocycles. The van der Waals surface area contributed by atoms with E-state index in [2.05, 4.69) is 0 Å². The smallest absolute Gasteiger partial charge is 0.267 e. The van der Waals surface area contributed by atoms with E-state index in [9.17, 15) is 13.6 Å². The van der Waals surface area contributed by atoms with E-state index in [-0.39, 0.29) is 13.0 Å². The molecule has 0 saturated carbocycles. The molecule has 1 amide bonds. The van der Waals surface area contributed by atoms with E-state index in [1.54, 1.807) is 24.3 Å². The fourth-order valence-electron chi connectivity index (χ4n) is 1.92. The zero-order valence-corrected chi connectivity index (χ0v) is 9.27. The maximum absolute atomic E-state index is 13.0. The highest BCUT2D eigenvalue weighted by molar-refractivity contribution is 5.83. The number of nitrogens with zero attached hydrogens (tertiary/aromatic N) is 1. The minimum Gasteiger partial charge on any atom is -0.335 e. The highest BCUT2D eigenvalue weighted by atomic mass is 19.3. The van der Waals surface area contributed by atoms with Crippen molar-refractivity contribution in [3.63, 3.8) is 0 Å². The van der Waals surface area contributed by atoms with Gasteiger partial charge >= 0.3 is 0 Å². The van der Waals surface area contributed by atoms with Crippen molar-refractivity contribution in [3.05, 3.63) is 35.9 Å². The molecule has 92 valence electrons. The van der Waals surface area contributed by atoms with E-state index >= 15 is 0 Å². The van der Waals surface area contributed by atoms with Crippen molar-refractivity contribution in [3.8, 4) is 0 Å². The van der Waals surface area contributed by atoms with Crippen LogP contribution in [0.5, 0.6) is 0 Å². The normalized spacial score (nSPS) is 20.3.